The Kier molecular flexibility index (Phi) is 9.04. The Hall–Kier alpha value is -3.39. The summed E-state index contributed by atoms with van der Waals surface area (Å²) in [6.45, 7) is 3.82. The molecular formula is C26H33FN4O3. The molecule has 0 radical (unpaired) electrons. The molecule has 0 bridgehead atoms. The number of piperidine rings is 1. The maximum Gasteiger partial charge on any atom is 0.246 e. The highest BCUT2D eigenvalue weighted by atomic mass is 19.1. The zero-order valence-electron chi connectivity index (χ0n) is 20.0. The number of nitrogens with zero attached hydrogens (tertiary/aromatic N) is 4. The Morgan fingerprint density at radius 3 is 2.94 bits per heavy atom. The SMILES string of the molecule is CCc1cc(O)c(F)cc1-c1ccccncn(OC2CCCN(C(=O)/C=C/CN(C)C)C2)c1. The Bertz CT molecular complexity index is 1070. The van der Waals surface area contributed by atoms with Crippen molar-refractivity contribution < 1.29 is 19.1 Å². The molecule has 1 aromatic heterocycles. The van der Waals surface area contributed by atoms with E-state index in [9.17, 15) is 14.3 Å². The van der Waals surface area contributed by atoms with Crippen LogP contribution in [-0.4, -0.2) is 70.4 Å². The summed E-state index contributed by atoms with van der Waals surface area (Å²) in [7, 11) is 3.91. The molecule has 1 aliphatic heterocycles. The van der Waals surface area contributed by atoms with Crippen LogP contribution in [-0.2, 0) is 11.2 Å². The van der Waals surface area contributed by atoms with Gasteiger partial charge in [-0.1, -0.05) is 25.1 Å². The second-order valence-corrected chi connectivity index (χ2v) is 8.54. The molecule has 0 spiro atoms. The molecule has 1 atom stereocenters. The van der Waals surface area contributed by atoms with Crippen molar-refractivity contribution in [2.24, 2.45) is 0 Å². The van der Waals surface area contributed by atoms with Crippen LogP contribution in [0.25, 0.3) is 11.1 Å². The number of likely N-dealkylation sites (tertiary alicyclic amines) is 1. The molecule has 1 saturated heterocycles. The minimum Gasteiger partial charge on any atom is -0.505 e. The third-order valence-corrected chi connectivity index (χ3v) is 5.56. The number of hydrogen-bond acceptors (Lipinski definition) is 5. The molecule has 7 nitrogen and oxygen atoms in total. The molecule has 1 N–H and O–H groups in total. The number of carbonyl (C=O) groups excluding carboxylic acids is 1. The second-order valence-electron chi connectivity index (χ2n) is 8.54. The predicted molar refractivity (Wildman–Crippen MR) is 130 cm³/mol. The molecule has 1 aromatic carbocycles. The Labute approximate surface area is 200 Å². The lowest BCUT2D eigenvalue weighted by Crippen LogP contribution is -2.45. The Morgan fingerprint density at radius 1 is 1.35 bits per heavy atom. The standard InChI is InChI=1S/C26H33FN4O3/c1-4-20-15-25(32)24(27)16-23(20)21-9-5-6-12-28-19-31(17-21)34-22-10-7-14-30(18-22)26(33)11-8-13-29(2)3/h5-6,8-9,11-12,15-17,19,22,32H,4,7,10,13-14,18H2,1-3H3/b9-5?,11-8+,12-6?,21-17?,28-19?. The van der Waals surface area contributed by atoms with E-state index in [-0.39, 0.29) is 17.8 Å². The van der Waals surface area contributed by atoms with Crippen molar-refractivity contribution in [1.82, 2.24) is 19.5 Å². The number of phenolic OH excluding ortho intramolecular Hbond substituents is 1. The molecule has 1 aliphatic rings. The fourth-order valence-electron chi connectivity index (χ4n) is 3.83. The number of amides is 1. The van der Waals surface area contributed by atoms with E-state index in [1.165, 1.54) is 16.9 Å². The van der Waals surface area contributed by atoms with Crippen molar-refractivity contribution in [3.63, 3.8) is 0 Å². The second kappa shape index (κ2) is 12.2. The van der Waals surface area contributed by atoms with Gasteiger partial charge >= 0.3 is 0 Å². The highest BCUT2D eigenvalue weighted by Gasteiger charge is 2.24. The van der Waals surface area contributed by atoms with Gasteiger partial charge in [-0.2, -0.15) is 4.73 Å². The quantitative estimate of drug-likeness (QED) is 0.629. The number of hydrogen-bond donors (Lipinski definition) is 1. The Morgan fingerprint density at radius 2 is 2.18 bits per heavy atom. The number of halogens is 1. The lowest BCUT2D eigenvalue weighted by molar-refractivity contribution is -0.130. The summed E-state index contributed by atoms with van der Waals surface area (Å²) in [5.41, 5.74) is 2.19. The summed E-state index contributed by atoms with van der Waals surface area (Å²) in [4.78, 5) is 26.8. The molecule has 34 heavy (non-hydrogen) atoms. The van der Waals surface area contributed by atoms with Gasteiger partial charge in [-0.05, 0) is 62.7 Å². The van der Waals surface area contributed by atoms with Crippen molar-refractivity contribution in [2.45, 2.75) is 32.3 Å². The van der Waals surface area contributed by atoms with E-state index in [0.29, 0.717) is 37.2 Å². The molecule has 1 fully saturated rings. The fourth-order valence-corrected chi connectivity index (χ4v) is 3.83. The number of rotatable bonds is 7. The van der Waals surface area contributed by atoms with Gasteiger partial charge in [-0.25, -0.2) is 9.37 Å². The van der Waals surface area contributed by atoms with Crippen molar-refractivity contribution in [3.8, 4) is 16.9 Å². The monoisotopic (exact) mass is 468 g/mol. The van der Waals surface area contributed by atoms with Gasteiger partial charge in [-0.15, -0.1) is 0 Å². The smallest absolute Gasteiger partial charge is 0.246 e. The number of benzene rings is 1. The molecular weight excluding hydrogens is 435 g/mol. The van der Waals surface area contributed by atoms with Gasteiger partial charge in [0.25, 0.3) is 0 Å². The van der Waals surface area contributed by atoms with Crippen molar-refractivity contribution >= 4 is 5.91 Å². The summed E-state index contributed by atoms with van der Waals surface area (Å²) >= 11 is 0. The van der Waals surface area contributed by atoms with E-state index in [1.54, 1.807) is 35.8 Å². The molecule has 0 aliphatic carbocycles. The number of phenols is 1. The number of aryl methyl sites for hydroxylation is 1. The van der Waals surface area contributed by atoms with Crippen LogP contribution in [0.15, 0.2) is 61.2 Å². The summed E-state index contributed by atoms with van der Waals surface area (Å²) < 4.78 is 15.7. The fraction of sp³-hybridized carbons (Fsp3) is 0.385. The maximum absolute atomic E-state index is 14.2. The first-order valence-corrected chi connectivity index (χ1v) is 11.5. The molecule has 0 saturated carbocycles. The summed E-state index contributed by atoms with van der Waals surface area (Å²) in [6, 6.07) is 8.23. The van der Waals surface area contributed by atoms with Crippen LogP contribution in [0.5, 0.6) is 5.75 Å². The average Bonchev–Trinajstić information content (AvgIpc) is 2.92. The van der Waals surface area contributed by atoms with Crippen LogP contribution in [0, 0.1) is 5.82 Å². The molecule has 2 aromatic rings. The first-order chi connectivity index (χ1) is 16.4. The molecule has 8 heteroatoms. The first-order valence-electron chi connectivity index (χ1n) is 11.5. The van der Waals surface area contributed by atoms with Crippen LogP contribution in [0.1, 0.15) is 25.3 Å². The van der Waals surface area contributed by atoms with Crippen LogP contribution in [0.3, 0.4) is 0 Å². The topological polar surface area (TPSA) is 70.8 Å². The van der Waals surface area contributed by atoms with E-state index in [4.69, 9.17) is 4.84 Å². The first kappa shape index (κ1) is 25.2. The van der Waals surface area contributed by atoms with Crippen molar-refractivity contribution in [1.29, 1.82) is 0 Å². The minimum absolute atomic E-state index is 0.0254. The summed E-state index contributed by atoms with van der Waals surface area (Å²) in [5, 5.41) is 9.80. The van der Waals surface area contributed by atoms with Gasteiger partial charge in [0.05, 0.1) is 12.7 Å². The van der Waals surface area contributed by atoms with E-state index in [0.717, 1.165) is 18.4 Å². The number of aromatic nitrogens is 2. The van der Waals surface area contributed by atoms with E-state index in [1.807, 2.05) is 44.1 Å². The van der Waals surface area contributed by atoms with Gasteiger partial charge < -0.3 is 19.7 Å². The zero-order chi connectivity index (χ0) is 24.5. The normalized spacial score (nSPS) is 16.0. The molecule has 2 heterocycles. The third-order valence-electron chi connectivity index (χ3n) is 5.56. The van der Waals surface area contributed by atoms with Crippen LogP contribution in [0.4, 0.5) is 4.39 Å². The van der Waals surface area contributed by atoms with E-state index < -0.39 is 5.82 Å². The zero-order valence-corrected chi connectivity index (χ0v) is 20.0. The summed E-state index contributed by atoms with van der Waals surface area (Å²) in [5.74, 6) is -1.07. The van der Waals surface area contributed by atoms with Crippen LogP contribution in [0.2, 0.25) is 0 Å². The third kappa shape index (κ3) is 7.05. The molecule has 1 amide bonds. The van der Waals surface area contributed by atoms with Crippen LogP contribution < -0.4 is 4.84 Å². The van der Waals surface area contributed by atoms with Crippen molar-refractivity contribution in [3.05, 3.63) is 72.6 Å². The predicted octanol–water partition coefficient (Wildman–Crippen LogP) is 3.62. The van der Waals surface area contributed by atoms with Crippen LogP contribution >= 0.6 is 0 Å². The van der Waals surface area contributed by atoms with Gasteiger partial charge in [0.2, 0.25) is 5.91 Å². The van der Waals surface area contributed by atoms with Gasteiger partial charge in [0.1, 0.15) is 12.4 Å². The molecule has 3 rings (SSSR count). The maximum atomic E-state index is 14.2. The lowest BCUT2D eigenvalue weighted by Gasteiger charge is -2.32. The highest BCUT2D eigenvalue weighted by Crippen LogP contribution is 2.29. The van der Waals surface area contributed by atoms with E-state index >= 15 is 0 Å². The minimum atomic E-state index is -0.679. The molecule has 1 unspecified atom stereocenters. The number of aromatic hydroxyl groups is 1. The van der Waals surface area contributed by atoms with Gasteiger partial charge in [-0.3, -0.25) is 4.79 Å². The largest absolute Gasteiger partial charge is 0.505 e. The van der Waals surface area contributed by atoms with E-state index in [2.05, 4.69) is 4.98 Å². The lowest BCUT2D eigenvalue weighted by atomic mass is 9.99. The summed E-state index contributed by atoms with van der Waals surface area (Å²) in [6.07, 6.45) is 10.5. The Balaban J connectivity index is 1.85. The van der Waals surface area contributed by atoms with Crippen molar-refractivity contribution in [2.75, 3.05) is 33.7 Å². The number of carbonyl (C=O) groups is 1. The molecule has 182 valence electrons. The van der Waals surface area contributed by atoms with Gasteiger partial charge in [0.15, 0.2) is 11.6 Å². The highest BCUT2D eigenvalue weighted by molar-refractivity contribution is 5.87. The van der Waals surface area contributed by atoms with Gasteiger partial charge in [0, 0.05) is 30.9 Å². The number of likely N-dealkylation sites (N-methyl/N-ethyl adjacent to an activating group) is 1. The average molecular weight is 469 g/mol.